The summed E-state index contributed by atoms with van der Waals surface area (Å²) >= 11 is 0. The molecule has 1 N–H and O–H groups in total. The normalized spacial score (nSPS) is 28.2. The molecule has 5 heteroatoms. The highest BCUT2D eigenvalue weighted by atomic mass is 16.5. The number of hydrogen-bond donors (Lipinski definition) is 1. The second-order valence-electron chi connectivity index (χ2n) is 8.30. The number of aryl methyl sites for hydroxylation is 2. The van der Waals surface area contributed by atoms with Gasteiger partial charge in [0.15, 0.2) is 0 Å². The fourth-order valence-electron chi connectivity index (χ4n) is 4.37. The molecule has 1 spiro atoms. The molecule has 3 heterocycles. The third kappa shape index (κ3) is 3.53. The van der Waals surface area contributed by atoms with Crippen molar-refractivity contribution >= 4 is 0 Å². The lowest BCUT2D eigenvalue weighted by atomic mass is 9.84. The molecule has 2 aliphatic heterocycles. The number of nitrogens with zero attached hydrogens (tertiary/aromatic N) is 2. The molecule has 3 aliphatic rings. The highest BCUT2D eigenvalue weighted by Crippen LogP contribution is 2.47. The van der Waals surface area contributed by atoms with Crippen molar-refractivity contribution in [1.82, 2.24) is 15.1 Å². The molecule has 4 rings (SSSR count). The van der Waals surface area contributed by atoms with Crippen molar-refractivity contribution in [2.75, 3.05) is 26.4 Å². The summed E-state index contributed by atoms with van der Waals surface area (Å²) in [6.07, 6.45) is 7.04. The third-order valence-corrected chi connectivity index (χ3v) is 6.21. The van der Waals surface area contributed by atoms with E-state index in [1.54, 1.807) is 0 Å². The largest absolute Gasteiger partial charge is 0.381 e. The van der Waals surface area contributed by atoms with E-state index in [1.807, 2.05) is 0 Å². The van der Waals surface area contributed by atoms with Gasteiger partial charge in [0.2, 0.25) is 0 Å². The second-order valence-corrected chi connectivity index (χ2v) is 8.30. The van der Waals surface area contributed by atoms with Crippen LogP contribution < -0.4 is 5.32 Å². The minimum absolute atomic E-state index is 0.0839. The van der Waals surface area contributed by atoms with Gasteiger partial charge in [-0.25, -0.2) is 0 Å². The first-order valence-corrected chi connectivity index (χ1v) is 9.54. The van der Waals surface area contributed by atoms with Crippen molar-refractivity contribution in [3.63, 3.8) is 0 Å². The van der Waals surface area contributed by atoms with Crippen molar-refractivity contribution in [2.24, 2.45) is 5.41 Å². The molecule has 3 fully saturated rings. The Morgan fingerprint density at radius 1 is 1.21 bits per heavy atom. The molecule has 2 saturated heterocycles. The standard InChI is InChI=1S/C19H31N3O2/c1-15-11-16(2)22(21-15)14-18(4-5-18)13-20-17-3-8-24-19(12-17)6-9-23-10-7-19/h11,17,20H,3-10,12-14H2,1-2H3. The minimum Gasteiger partial charge on any atom is -0.381 e. The van der Waals surface area contributed by atoms with Crippen LogP contribution in [0.15, 0.2) is 6.07 Å². The van der Waals surface area contributed by atoms with Crippen LogP contribution in [0, 0.1) is 19.3 Å². The van der Waals surface area contributed by atoms with Gasteiger partial charge in [0.1, 0.15) is 0 Å². The first-order valence-electron chi connectivity index (χ1n) is 9.54. The molecular formula is C19H31N3O2. The van der Waals surface area contributed by atoms with E-state index in [-0.39, 0.29) is 5.60 Å². The van der Waals surface area contributed by atoms with Gasteiger partial charge in [-0.1, -0.05) is 0 Å². The first-order chi connectivity index (χ1) is 11.6. The Balaban J connectivity index is 1.32. The van der Waals surface area contributed by atoms with E-state index >= 15 is 0 Å². The van der Waals surface area contributed by atoms with Crippen LogP contribution in [-0.4, -0.2) is 47.8 Å². The summed E-state index contributed by atoms with van der Waals surface area (Å²) in [7, 11) is 0. The Bertz CT molecular complexity index is 568. The molecule has 134 valence electrons. The summed E-state index contributed by atoms with van der Waals surface area (Å²) in [5.74, 6) is 0. The van der Waals surface area contributed by atoms with Gasteiger partial charge >= 0.3 is 0 Å². The predicted octanol–water partition coefficient (Wildman–Crippen LogP) is 2.60. The number of hydrogen-bond acceptors (Lipinski definition) is 4. The maximum atomic E-state index is 6.16. The SMILES string of the molecule is Cc1cc(C)n(CC2(CNC3CCOC4(CCOCC4)C3)CC2)n1. The average Bonchev–Trinajstić information content (AvgIpc) is 3.26. The highest BCUT2D eigenvalue weighted by molar-refractivity contribution is 5.08. The quantitative estimate of drug-likeness (QED) is 0.900. The molecule has 0 aromatic carbocycles. The van der Waals surface area contributed by atoms with E-state index in [9.17, 15) is 0 Å². The zero-order valence-electron chi connectivity index (χ0n) is 15.1. The number of rotatable bonds is 5. The summed E-state index contributed by atoms with van der Waals surface area (Å²) in [6.45, 7) is 9.02. The summed E-state index contributed by atoms with van der Waals surface area (Å²) in [6, 6.07) is 2.77. The molecule has 1 aromatic rings. The lowest BCUT2D eigenvalue weighted by Gasteiger charge is -2.43. The van der Waals surface area contributed by atoms with Crippen molar-refractivity contribution in [3.05, 3.63) is 17.5 Å². The Morgan fingerprint density at radius 3 is 2.67 bits per heavy atom. The molecule has 0 amide bonds. The van der Waals surface area contributed by atoms with E-state index in [0.29, 0.717) is 11.5 Å². The van der Waals surface area contributed by atoms with E-state index in [1.165, 1.54) is 18.5 Å². The number of ether oxygens (including phenoxy) is 2. The predicted molar refractivity (Wildman–Crippen MR) is 93.1 cm³/mol. The molecule has 24 heavy (non-hydrogen) atoms. The van der Waals surface area contributed by atoms with Crippen molar-refractivity contribution in [3.8, 4) is 0 Å². The van der Waals surface area contributed by atoms with E-state index in [2.05, 4.69) is 35.0 Å². The fourth-order valence-corrected chi connectivity index (χ4v) is 4.37. The number of nitrogens with one attached hydrogen (secondary N) is 1. The van der Waals surface area contributed by atoms with Crippen LogP contribution in [0.1, 0.15) is 49.9 Å². The molecule has 1 aromatic heterocycles. The van der Waals surface area contributed by atoms with Crippen molar-refractivity contribution < 1.29 is 9.47 Å². The van der Waals surface area contributed by atoms with Crippen LogP contribution in [0.4, 0.5) is 0 Å². The summed E-state index contributed by atoms with van der Waals surface area (Å²) < 4.78 is 13.9. The van der Waals surface area contributed by atoms with E-state index in [4.69, 9.17) is 9.47 Å². The van der Waals surface area contributed by atoms with Crippen molar-refractivity contribution in [1.29, 1.82) is 0 Å². The number of aromatic nitrogens is 2. The Hall–Kier alpha value is -0.910. The van der Waals surface area contributed by atoms with Gasteiger partial charge in [-0.05, 0) is 58.4 Å². The van der Waals surface area contributed by atoms with Gasteiger partial charge in [-0.2, -0.15) is 5.10 Å². The molecule has 0 radical (unpaired) electrons. The zero-order chi connectivity index (χ0) is 16.6. The van der Waals surface area contributed by atoms with Crippen LogP contribution in [0.25, 0.3) is 0 Å². The molecule has 1 atom stereocenters. The zero-order valence-corrected chi connectivity index (χ0v) is 15.1. The summed E-state index contributed by atoms with van der Waals surface area (Å²) in [4.78, 5) is 0. The lowest BCUT2D eigenvalue weighted by Crippen LogP contribution is -2.50. The highest BCUT2D eigenvalue weighted by Gasteiger charge is 2.45. The van der Waals surface area contributed by atoms with Gasteiger partial charge in [0.05, 0.1) is 11.3 Å². The van der Waals surface area contributed by atoms with Gasteiger partial charge < -0.3 is 14.8 Å². The van der Waals surface area contributed by atoms with Crippen LogP contribution in [-0.2, 0) is 16.0 Å². The minimum atomic E-state index is 0.0839. The van der Waals surface area contributed by atoms with E-state index < -0.39 is 0 Å². The molecule has 5 nitrogen and oxygen atoms in total. The monoisotopic (exact) mass is 333 g/mol. The summed E-state index contributed by atoms with van der Waals surface area (Å²) in [5.41, 5.74) is 2.92. The molecule has 1 saturated carbocycles. The average molecular weight is 333 g/mol. The van der Waals surface area contributed by atoms with Crippen LogP contribution >= 0.6 is 0 Å². The van der Waals surface area contributed by atoms with Gasteiger partial charge in [-0.3, -0.25) is 4.68 Å². The van der Waals surface area contributed by atoms with Gasteiger partial charge in [0, 0.05) is 50.1 Å². The smallest absolute Gasteiger partial charge is 0.0741 e. The van der Waals surface area contributed by atoms with Crippen LogP contribution in [0.5, 0.6) is 0 Å². The van der Waals surface area contributed by atoms with Crippen molar-refractivity contribution in [2.45, 2.75) is 70.6 Å². The van der Waals surface area contributed by atoms with Crippen LogP contribution in [0.2, 0.25) is 0 Å². The maximum Gasteiger partial charge on any atom is 0.0741 e. The molecular weight excluding hydrogens is 302 g/mol. The molecule has 0 bridgehead atoms. The topological polar surface area (TPSA) is 48.3 Å². The van der Waals surface area contributed by atoms with Gasteiger partial charge in [0.25, 0.3) is 0 Å². The van der Waals surface area contributed by atoms with Gasteiger partial charge in [-0.15, -0.1) is 0 Å². The fraction of sp³-hybridized carbons (Fsp3) is 0.842. The molecule has 1 aliphatic carbocycles. The Labute approximate surface area is 145 Å². The third-order valence-electron chi connectivity index (χ3n) is 6.21. The van der Waals surface area contributed by atoms with Crippen LogP contribution in [0.3, 0.4) is 0 Å². The Kier molecular flexibility index (Phi) is 4.43. The molecule has 1 unspecified atom stereocenters. The Morgan fingerprint density at radius 2 is 2.00 bits per heavy atom. The lowest BCUT2D eigenvalue weighted by molar-refractivity contribution is -0.140. The second kappa shape index (κ2) is 6.43. The summed E-state index contributed by atoms with van der Waals surface area (Å²) in [5, 5.41) is 8.53. The maximum absolute atomic E-state index is 6.16. The first kappa shape index (κ1) is 16.6. The van der Waals surface area contributed by atoms with E-state index in [0.717, 1.165) is 64.3 Å².